The van der Waals surface area contributed by atoms with Gasteiger partial charge in [0.15, 0.2) is 0 Å². The van der Waals surface area contributed by atoms with Gasteiger partial charge < -0.3 is 4.74 Å². The van der Waals surface area contributed by atoms with Crippen LogP contribution in [0, 0.1) is 12.4 Å². The molecule has 0 amide bonds. The summed E-state index contributed by atoms with van der Waals surface area (Å²) in [5.41, 5.74) is 3.20. The van der Waals surface area contributed by atoms with Gasteiger partial charge in [0, 0.05) is 0 Å². The van der Waals surface area contributed by atoms with Crippen LogP contribution >= 0.6 is 0 Å². The Kier molecular flexibility index (Phi) is 2.22. The summed E-state index contributed by atoms with van der Waals surface area (Å²) in [6, 6.07) is 14.4. The zero-order valence-corrected chi connectivity index (χ0v) is 8.56. The Bertz CT molecular complexity index is 504. The Balaban J connectivity index is 2.01. The minimum absolute atomic E-state index is 0.100. The second kappa shape index (κ2) is 3.72. The molecule has 2 aromatic rings. The molecule has 0 spiro atoms. The Morgan fingerprint density at radius 2 is 1.69 bits per heavy atom. The normalized spacial score (nSPS) is 18.4. The second-order valence-corrected chi connectivity index (χ2v) is 3.81. The van der Waals surface area contributed by atoms with Gasteiger partial charge in [0.05, 0.1) is 0 Å². The van der Waals surface area contributed by atoms with Crippen molar-refractivity contribution in [3.8, 4) is 0 Å². The summed E-state index contributed by atoms with van der Waals surface area (Å²) in [5, 5.41) is 0. The van der Waals surface area contributed by atoms with E-state index in [4.69, 9.17) is 4.74 Å². The lowest BCUT2D eigenvalue weighted by Gasteiger charge is -2.10. The molecule has 1 aliphatic rings. The van der Waals surface area contributed by atoms with Crippen LogP contribution in [0.25, 0.3) is 0 Å². The van der Waals surface area contributed by atoms with Crippen LogP contribution in [0.4, 0.5) is 4.39 Å². The molecule has 0 saturated carbocycles. The summed E-state index contributed by atoms with van der Waals surface area (Å²) >= 11 is 0. The Labute approximate surface area is 93.5 Å². The molecule has 16 heavy (non-hydrogen) atoms. The van der Waals surface area contributed by atoms with Crippen molar-refractivity contribution in [1.82, 2.24) is 0 Å². The molecule has 0 N–H and O–H groups in total. The number of rotatable bonds is 1. The molecule has 0 fully saturated rings. The molecule has 3 rings (SSSR count). The molecule has 0 bridgehead atoms. The molecule has 0 aliphatic carbocycles. The van der Waals surface area contributed by atoms with Gasteiger partial charge >= 0.3 is 0 Å². The van der Waals surface area contributed by atoms with Crippen molar-refractivity contribution in [3.63, 3.8) is 0 Å². The van der Waals surface area contributed by atoms with Gasteiger partial charge in [-0.2, -0.15) is 0 Å². The number of hydrogen-bond acceptors (Lipinski definition) is 1. The third-order valence-electron chi connectivity index (χ3n) is 2.78. The van der Waals surface area contributed by atoms with E-state index in [1.165, 1.54) is 12.1 Å². The van der Waals surface area contributed by atoms with Crippen LogP contribution < -0.4 is 0 Å². The average Bonchev–Trinajstić information content (AvgIpc) is 2.74. The maximum atomic E-state index is 12.8. The lowest BCUT2D eigenvalue weighted by Crippen LogP contribution is -1.97. The smallest absolute Gasteiger partial charge is 0.123 e. The molecule has 2 heteroatoms. The van der Waals surface area contributed by atoms with Gasteiger partial charge in [-0.25, -0.2) is 4.39 Å². The fraction of sp³-hybridized carbons (Fsp3) is 0.0714. The van der Waals surface area contributed by atoms with Crippen LogP contribution in [0.2, 0.25) is 0 Å². The molecular formula is C14H10FO. The molecule has 79 valence electrons. The van der Waals surface area contributed by atoms with Gasteiger partial charge in [0.2, 0.25) is 0 Å². The lowest BCUT2D eigenvalue weighted by molar-refractivity contribution is 0.173. The van der Waals surface area contributed by atoms with Crippen molar-refractivity contribution < 1.29 is 9.13 Å². The predicted molar refractivity (Wildman–Crippen MR) is 59.2 cm³/mol. The van der Waals surface area contributed by atoms with Gasteiger partial charge in [-0.15, -0.1) is 0 Å². The molecule has 0 saturated heterocycles. The van der Waals surface area contributed by atoms with Crippen LogP contribution in [0.15, 0.2) is 48.5 Å². The molecule has 1 heterocycles. The highest BCUT2D eigenvalue weighted by molar-refractivity contribution is 5.42. The molecule has 0 aromatic heterocycles. The second-order valence-electron chi connectivity index (χ2n) is 3.81. The molecule has 2 aromatic carbocycles. The van der Waals surface area contributed by atoms with Crippen LogP contribution in [0.5, 0.6) is 0 Å². The van der Waals surface area contributed by atoms with Gasteiger partial charge in [-0.3, -0.25) is 0 Å². The van der Waals surface area contributed by atoms with E-state index in [0.29, 0.717) is 0 Å². The minimum atomic E-state index is -0.223. The lowest BCUT2D eigenvalue weighted by atomic mass is 10.00. The van der Waals surface area contributed by atoms with Crippen molar-refractivity contribution in [1.29, 1.82) is 0 Å². The van der Waals surface area contributed by atoms with Gasteiger partial charge in [0.25, 0.3) is 0 Å². The first-order chi connectivity index (χ1) is 7.84. The van der Waals surface area contributed by atoms with Gasteiger partial charge in [-0.1, -0.05) is 36.4 Å². The summed E-state index contributed by atoms with van der Waals surface area (Å²) < 4.78 is 18.4. The summed E-state index contributed by atoms with van der Waals surface area (Å²) in [7, 11) is 0. The SMILES string of the molecule is Fc1ccc(C2O[CH]c3ccccc32)cc1. The summed E-state index contributed by atoms with van der Waals surface area (Å²) in [6.45, 7) is 1.75. The third-order valence-corrected chi connectivity index (χ3v) is 2.78. The van der Waals surface area contributed by atoms with Crippen molar-refractivity contribution in [2.24, 2.45) is 0 Å². The van der Waals surface area contributed by atoms with Crippen molar-refractivity contribution in [3.05, 3.63) is 77.6 Å². The highest BCUT2D eigenvalue weighted by Crippen LogP contribution is 2.36. The first kappa shape index (κ1) is 9.55. The van der Waals surface area contributed by atoms with E-state index in [-0.39, 0.29) is 11.9 Å². The molecule has 1 unspecified atom stereocenters. The number of benzene rings is 2. The summed E-state index contributed by atoms with van der Waals surface area (Å²) in [6.07, 6.45) is -0.100. The molecule has 1 atom stereocenters. The van der Waals surface area contributed by atoms with Gasteiger partial charge in [-0.05, 0) is 28.8 Å². The zero-order chi connectivity index (χ0) is 11.0. The molecule has 1 nitrogen and oxygen atoms in total. The Hall–Kier alpha value is -1.67. The quantitative estimate of drug-likeness (QED) is 0.705. The number of fused-ring (bicyclic) bond motifs is 1. The topological polar surface area (TPSA) is 9.23 Å². The standard InChI is InChI=1S/C14H10FO/c15-12-7-5-10(6-8-12)14-13-4-2-1-3-11(13)9-16-14/h1-9,14H. The predicted octanol–water partition coefficient (Wildman–Crippen LogP) is 3.46. The fourth-order valence-corrected chi connectivity index (χ4v) is 1.97. The highest BCUT2D eigenvalue weighted by Gasteiger charge is 2.24. The fourth-order valence-electron chi connectivity index (χ4n) is 1.97. The Morgan fingerprint density at radius 3 is 2.50 bits per heavy atom. The minimum Gasteiger partial charge on any atom is -0.358 e. The monoisotopic (exact) mass is 213 g/mol. The Morgan fingerprint density at radius 1 is 0.938 bits per heavy atom. The van der Waals surface area contributed by atoms with Crippen LogP contribution in [-0.4, -0.2) is 0 Å². The molecule has 1 aliphatic heterocycles. The van der Waals surface area contributed by atoms with E-state index >= 15 is 0 Å². The van der Waals surface area contributed by atoms with E-state index in [9.17, 15) is 4.39 Å². The van der Waals surface area contributed by atoms with Gasteiger partial charge in [0.1, 0.15) is 18.5 Å². The third kappa shape index (κ3) is 1.51. The summed E-state index contributed by atoms with van der Waals surface area (Å²) in [4.78, 5) is 0. The van der Waals surface area contributed by atoms with Crippen molar-refractivity contribution >= 4 is 0 Å². The first-order valence-corrected chi connectivity index (χ1v) is 5.18. The molecule has 1 radical (unpaired) electrons. The van der Waals surface area contributed by atoms with E-state index in [1.54, 1.807) is 18.7 Å². The largest absolute Gasteiger partial charge is 0.358 e. The van der Waals surface area contributed by atoms with Crippen molar-refractivity contribution in [2.45, 2.75) is 6.10 Å². The van der Waals surface area contributed by atoms with E-state index in [0.717, 1.165) is 16.7 Å². The van der Waals surface area contributed by atoms with E-state index in [2.05, 4.69) is 0 Å². The summed E-state index contributed by atoms with van der Waals surface area (Å²) in [5.74, 6) is -0.223. The van der Waals surface area contributed by atoms with Crippen LogP contribution in [0.1, 0.15) is 22.8 Å². The van der Waals surface area contributed by atoms with Crippen LogP contribution in [-0.2, 0) is 4.74 Å². The zero-order valence-electron chi connectivity index (χ0n) is 8.56. The van der Waals surface area contributed by atoms with Crippen molar-refractivity contribution in [2.75, 3.05) is 0 Å². The number of halogens is 1. The maximum Gasteiger partial charge on any atom is 0.123 e. The van der Waals surface area contributed by atoms with E-state index in [1.807, 2.05) is 24.3 Å². The van der Waals surface area contributed by atoms with Crippen LogP contribution in [0.3, 0.4) is 0 Å². The number of hydrogen-bond donors (Lipinski definition) is 0. The number of ether oxygens (including phenoxy) is 1. The van der Waals surface area contributed by atoms with E-state index < -0.39 is 0 Å². The maximum absolute atomic E-state index is 12.8. The average molecular weight is 213 g/mol. The molecular weight excluding hydrogens is 203 g/mol. The first-order valence-electron chi connectivity index (χ1n) is 5.18. The highest BCUT2D eigenvalue weighted by atomic mass is 19.1.